The van der Waals surface area contributed by atoms with E-state index in [1.54, 1.807) is 0 Å². The molecule has 166 valence electrons. The van der Waals surface area contributed by atoms with Gasteiger partial charge in [0.2, 0.25) is 11.8 Å². The molecule has 0 spiro atoms. The van der Waals surface area contributed by atoms with Gasteiger partial charge in [0.05, 0.1) is 18.3 Å². The maximum Gasteiger partial charge on any atom is 0.234 e. The smallest absolute Gasteiger partial charge is 0.234 e. The molecular weight excluding hydrogens is 392 g/mol. The summed E-state index contributed by atoms with van der Waals surface area (Å²) in [4.78, 5) is 18.9. The summed E-state index contributed by atoms with van der Waals surface area (Å²) >= 11 is 0. The first-order valence-corrected chi connectivity index (χ1v) is 11.3. The lowest BCUT2D eigenvalue weighted by Crippen LogP contribution is -2.43. The molecule has 1 aromatic carbocycles. The lowest BCUT2D eigenvalue weighted by atomic mass is 10.1. The molecule has 0 saturated carbocycles. The van der Waals surface area contributed by atoms with Gasteiger partial charge in [-0.2, -0.15) is 0 Å². The fraction of sp³-hybridized carbons (Fsp3) is 0.500. The van der Waals surface area contributed by atoms with E-state index in [1.165, 1.54) is 0 Å². The van der Waals surface area contributed by atoms with Crippen molar-refractivity contribution in [3.05, 3.63) is 42.0 Å². The summed E-state index contributed by atoms with van der Waals surface area (Å²) in [6.07, 6.45) is 9.07. The zero-order chi connectivity index (χ0) is 21.5. The second-order valence-electron chi connectivity index (χ2n) is 8.27. The van der Waals surface area contributed by atoms with E-state index < -0.39 is 0 Å². The third kappa shape index (κ3) is 5.81. The van der Waals surface area contributed by atoms with Crippen molar-refractivity contribution in [2.24, 2.45) is 5.73 Å². The summed E-state index contributed by atoms with van der Waals surface area (Å²) in [6, 6.07) is 9.86. The molecule has 31 heavy (non-hydrogen) atoms. The normalized spacial score (nSPS) is 26.9. The van der Waals surface area contributed by atoms with Crippen molar-refractivity contribution >= 4 is 22.9 Å². The molecule has 7 nitrogen and oxygen atoms in total. The number of aromatic nitrogens is 1. The predicted octanol–water partition coefficient (Wildman–Crippen LogP) is 2.69. The zero-order valence-electron chi connectivity index (χ0n) is 18.0. The van der Waals surface area contributed by atoms with Crippen LogP contribution in [0.4, 0.5) is 0 Å². The molecule has 1 aromatic heterocycles. The monoisotopic (exact) mass is 424 g/mol. The molecule has 4 rings (SSSR count). The van der Waals surface area contributed by atoms with Crippen LogP contribution in [-0.2, 0) is 9.53 Å². The van der Waals surface area contributed by atoms with Gasteiger partial charge in [-0.15, -0.1) is 0 Å². The van der Waals surface area contributed by atoms with E-state index in [2.05, 4.69) is 34.5 Å². The van der Waals surface area contributed by atoms with Crippen LogP contribution in [-0.4, -0.2) is 60.9 Å². The lowest BCUT2D eigenvalue weighted by Gasteiger charge is -2.21. The van der Waals surface area contributed by atoms with Crippen LogP contribution in [0, 0.1) is 0 Å². The molecule has 1 fully saturated rings. The summed E-state index contributed by atoms with van der Waals surface area (Å²) in [5, 5.41) is 4.37. The molecule has 2 bridgehead atoms. The highest BCUT2D eigenvalue weighted by atomic mass is 16.5. The Morgan fingerprint density at radius 1 is 1.23 bits per heavy atom. The SMILES string of the molecule is NC(=O)C1CC2CN1CCNCOCCCCC/C=C\c1cc3ccccc3nc1O2. The topological polar surface area (TPSA) is 89.7 Å². The Kier molecular flexibility index (Phi) is 7.51. The zero-order valence-corrected chi connectivity index (χ0v) is 18.0. The Morgan fingerprint density at radius 2 is 2.13 bits per heavy atom. The Hall–Kier alpha value is -2.48. The van der Waals surface area contributed by atoms with E-state index in [9.17, 15) is 4.79 Å². The van der Waals surface area contributed by atoms with E-state index >= 15 is 0 Å². The molecule has 2 aliphatic rings. The van der Waals surface area contributed by atoms with Crippen LogP contribution in [0.3, 0.4) is 0 Å². The van der Waals surface area contributed by atoms with Crippen LogP contribution in [0.15, 0.2) is 36.4 Å². The van der Waals surface area contributed by atoms with Crippen LogP contribution < -0.4 is 15.8 Å². The van der Waals surface area contributed by atoms with E-state index in [1.807, 2.05) is 18.2 Å². The van der Waals surface area contributed by atoms with Gasteiger partial charge in [0.15, 0.2) is 0 Å². The van der Waals surface area contributed by atoms with E-state index in [0.717, 1.165) is 55.3 Å². The summed E-state index contributed by atoms with van der Waals surface area (Å²) in [7, 11) is 0. The number of benzene rings is 1. The quantitative estimate of drug-likeness (QED) is 0.732. The van der Waals surface area contributed by atoms with Crippen molar-refractivity contribution in [3.63, 3.8) is 0 Å². The average molecular weight is 425 g/mol. The minimum atomic E-state index is -0.325. The van der Waals surface area contributed by atoms with Gasteiger partial charge in [-0.25, -0.2) is 4.98 Å². The molecule has 0 aliphatic carbocycles. The summed E-state index contributed by atoms with van der Waals surface area (Å²) in [6.45, 7) is 3.39. The summed E-state index contributed by atoms with van der Waals surface area (Å²) in [5.41, 5.74) is 7.56. The van der Waals surface area contributed by atoms with Crippen LogP contribution in [0.25, 0.3) is 17.0 Å². The molecular formula is C24H32N4O3. The van der Waals surface area contributed by atoms with Gasteiger partial charge in [0, 0.05) is 43.6 Å². The minimum Gasteiger partial charge on any atom is -0.472 e. The number of fused-ring (bicyclic) bond motifs is 4. The molecule has 7 heteroatoms. The second kappa shape index (κ2) is 10.7. The van der Waals surface area contributed by atoms with Crippen molar-refractivity contribution in [1.82, 2.24) is 15.2 Å². The number of carbonyl (C=O) groups excluding carboxylic acids is 1. The van der Waals surface area contributed by atoms with Crippen molar-refractivity contribution in [2.45, 2.75) is 44.2 Å². The van der Waals surface area contributed by atoms with Gasteiger partial charge >= 0.3 is 0 Å². The molecule has 3 atom stereocenters. The van der Waals surface area contributed by atoms with Crippen molar-refractivity contribution in [1.29, 1.82) is 0 Å². The molecule has 3 unspecified atom stereocenters. The van der Waals surface area contributed by atoms with E-state index in [0.29, 0.717) is 32.1 Å². The van der Waals surface area contributed by atoms with Crippen molar-refractivity contribution in [3.8, 4) is 5.88 Å². The molecule has 2 aromatic rings. The highest BCUT2D eigenvalue weighted by Gasteiger charge is 2.37. The molecule has 2 aliphatic heterocycles. The Morgan fingerprint density at radius 3 is 3.03 bits per heavy atom. The number of rotatable bonds is 1. The predicted molar refractivity (Wildman–Crippen MR) is 122 cm³/mol. The van der Waals surface area contributed by atoms with Gasteiger partial charge in [0.1, 0.15) is 6.10 Å². The first-order valence-electron chi connectivity index (χ1n) is 11.3. The van der Waals surface area contributed by atoms with Crippen LogP contribution in [0.2, 0.25) is 0 Å². The first-order chi connectivity index (χ1) is 15.2. The molecule has 1 saturated heterocycles. The number of nitrogens with zero attached hydrogens (tertiary/aromatic N) is 2. The molecule has 3 N–H and O–H groups in total. The van der Waals surface area contributed by atoms with Crippen molar-refractivity contribution in [2.75, 3.05) is 33.0 Å². The second-order valence-corrected chi connectivity index (χ2v) is 8.27. The van der Waals surface area contributed by atoms with Crippen molar-refractivity contribution < 1.29 is 14.3 Å². The van der Waals surface area contributed by atoms with Gasteiger partial charge < -0.3 is 15.2 Å². The number of nitrogens with one attached hydrogen (secondary N) is 1. The Bertz CT molecular complexity index is 917. The largest absolute Gasteiger partial charge is 0.472 e. The van der Waals surface area contributed by atoms with E-state index in [4.69, 9.17) is 20.2 Å². The first kappa shape index (κ1) is 21.7. The molecule has 1 amide bonds. The number of pyridine rings is 1. The number of amides is 1. The number of primary amides is 1. The Labute approximate surface area is 183 Å². The highest BCUT2D eigenvalue weighted by Crippen LogP contribution is 2.28. The summed E-state index contributed by atoms with van der Waals surface area (Å²) < 4.78 is 12.0. The third-order valence-corrected chi connectivity index (χ3v) is 5.93. The number of nitrogens with two attached hydrogens (primary N) is 1. The maximum absolute atomic E-state index is 12.0. The fourth-order valence-corrected chi connectivity index (χ4v) is 4.27. The average Bonchev–Trinajstić information content (AvgIpc) is 3.17. The number of hydrogen-bond donors (Lipinski definition) is 2. The lowest BCUT2D eigenvalue weighted by molar-refractivity contribution is -0.122. The molecule has 0 radical (unpaired) electrons. The number of allylic oxidation sites excluding steroid dienone is 1. The third-order valence-electron chi connectivity index (χ3n) is 5.93. The van der Waals surface area contributed by atoms with Crippen LogP contribution >= 0.6 is 0 Å². The summed E-state index contributed by atoms with van der Waals surface area (Å²) in [5.74, 6) is 0.317. The van der Waals surface area contributed by atoms with E-state index in [-0.39, 0.29) is 18.1 Å². The highest BCUT2D eigenvalue weighted by molar-refractivity contribution is 5.82. The van der Waals surface area contributed by atoms with Crippen LogP contribution in [0.5, 0.6) is 5.88 Å². The van der Waals surface area contributed by atoms with Gasteiger partial charge in [-0.05, 0) is 31.4 Å². The molecule has 3 heterocycles. The number of para-hydroxylation sites is 1. The maximum atomic E-state index is 12.0. The fourth-order valence-electron chi connectivity index (χ4n) is 4.27. The van der Waals surface area contributed by atoms with Gasteiger partial charge in [0.25, 0.3) is 0 Å². The number of hydrogen-bond acceptors (Lipinski definition) is 6. The number of ether oxygens (including phenoxy) is 2. The minimum absolute atomic E-state index is 0.131. The van der Waals surface area contributed by atoms with Crippen LogP contribution in [0.1, 0.15) is 37.7 Å². The van der Waals surface area contributed by atoms with Gasteiger partial charge in [-0.1, -0.05) is 36.8 Å². The number of carbonyl (C=O) groups is 1. The Balaban J connectivity index is 1.58. The van der Waals surface area contributed by atoms with Gasteiger partial charge in [-0.3, -0.25) is 15.0 Å². The standard InChI is InChI=1S/C24H32N4O3/c25-23(29)22-15-20-16-28(22)12-11-26-17-30-13-7-3-1-2-4-9-19-14-18-8-5-6-10-21(18)27-24(19)31-20/h4-6,8-10,14,20,22,26H,1-3,7,11-13,15-17H2,(H2,25,29)/b9-4-.